The summed E-state index contributed by atoms with van der Waals surface area (Å²) in [5.41, 5.74) is 0.754. The zero-order valence-corrected chi connectivity index (χ0v) is 12.4. The molecule has 1 N–H and O–H groups in total. The first-order valence-electron chi connectivity index (χ1n) is 7.18. The largest absolute Gasteiger partial charge is 0.340 e. The molecule has 1 saturated heterocycles. The van der Waals surface area contributed by atoms with Gasteiger partial charge in [-0.15, -0.1) is 0 Å². The van der Waals surface area contributed by atoms with E-state index in [2.05, 4.69) is 25.3 Å². The van der Waals surface area contributed by atoms with E-state index in [1.54, 1.807) is 36.4 Å². The number of aromatic nitrogens is 3. The van der Waals surface area contributed by atoms with Crippen LogP contribution in [0.5, 0.6) is 0 Å². The molecule has 0 spiro atoms. The van der Waals surface area contributed by atoms with Crippen molar-refractivity contribution in [3.8, 4) is 0 Å². The Bertz CT molecular complexity index is 621. The number of nitrogens with zero attached hydrogens (tertiary/aromatic N) is 5. The second-order valence-corrected chi connectivity index (χ2v) is 5.16. The highest BCUT2D eigenvalue weighted by atomic mass is 16.5. The van der Waals surface area contributed by atoms with Gasteiger partial charge >= 0.3 is 6.03 Å². The van der Waals surface area contributed by atoms with Gasteiger partial charge in [-0.2, -0.15) is 4.98 Å². The number of nitrogens with one attached hydrogen (secondary N) is 1. The maximum Gasteiger partial charge on any atom is 0.321 e. The average Bonchev–Trinajstić information content (AvgIpc) is 2.94. The van der Waals surface area contributed by atoms with E-state index in [1.807, 2.05) is 0 Å². The zero-order valence-electron chi connectivity index (χ0n) is 12.4. The smallest absolute Gasteiger partial charge is 0.321 e. The molecular formula is C14H18N6O2. The average molecular weight is 302 g/mol. The maximum absolute atomic E-state index is 12.2. The highest BCUT2D eigenvalue weighted by Crippen LogP contribution is 2.09. The van der Waals surface area contributed by atoms with Crippen LogP contribution in [0, 0.1) is 6.92 Å². The van der Waals surface area contributed by atoms with Crippen LogP contribution in [0.2, 0.25) is 0 Å². The second-order valence-electron chi connectivity index (χ2n) is 5.16. The lowest BCUT2D eigenvalue weighted by Crippen LogP contribution is -2.49. The zero-order chi connectivity index (χ0) is 15.4. The molecule has 0 unspecified atom stereocenters. The SMILES string of the molecule is Cc1nc(CN2CCN(C(=O)Nc3ccncc3)CC2)no1. The monoisotopic (exact) mass is 302 g/mol. The van der Waals surface area contributed by atoms with Crippen molar-refractivity contribution in [3.63, 3.8) is 0 Å². The van der Waals surface area contributed by atoms with Crippen molar-refractivity contribution in [3.05, 3.63) is 36.2 Å². The van der Waals surface area contributed by atoms with E-state index >= 15 is 0 Å². The molecule has 1 aliphatic heterocycles. The third-order valence-electron chi connectivity index (χ3n) is 3.53. The number of hydrogen-bond acceptors (Lipinski definition) is 6. The molecule has 0 aromatic carbocycles. The summed E-state index contributed by atoms with van der Waals surface area (Å²) in [6.45, 7) is 5.35. The molecule has 0 aliphatic carbocycles. The van der Waals surface area contributed by atoms with Crippen LogP contribution in [0.15, 0.2) is 29.0 Å². The van der Waals surface area contributed by atoms with E-state index in [4.69, 9.17) is 4.52 Å². The highest BCUT2D eigenvalue weighted by molar-refractivity contribution is 5.89. The number of pyridine rings is 1. The Kier molecular flexibility index (Phi) is 4.29. The Morgan fingerprint density at radius 1 is 1.27 bits per heavy atom. The number of amides is 2. The molecule has 116 valence electrons. The predicted molar refractivity (Wildman–Crippen MR) is 79.1 cm³/mol. The number of rotatable bonds is 3. The quantitative estimate of drug-likeness (QED) is 0.914. The summed E-state index contributed by atoms with van der Waals surface area (Å²) in [7, 11) is 0. The number of anilines is 1. The van der Waals surface area contributed by atoms with Gasteiger partial charge in [0.25, 0.3) is 0 Å². The van der Waals surface area contributed by atoms with Crippen LogP contribution in [0.4, 0.5) is 10.5 Å². The number of carbonyl (C=O) groups excluding carboxylic acids is 1. The minimum absolute atomic E-state index is 0.0822. The lowest BCUT2D eigenvalue weighted by Gasteiger charge is -2.33. The number of hydrogen-bond donors (Lipinski definition) is 1. The lowest BCUT2D eigenvalue weighted by atomic mass is 10.3. The van der Waals surface area contributed by atoms with Gasteiger partial charge in [0.05, 0.1) is 6.54 Å². The number of carbonyl (C=O) groups is 1. The Morgan fingerprint density at radius 3 is 2.64 bits per heavy atom. The molecule has 2 aromatic heterocycles. The second kappa shape index (κ2) is 6.52. The highest BCUT2D eigenvalue weighted by Gasteiger charge is 2.22. The Morgan fingerprint density at radius 2 is 2.00 bits per heavy atom. The summed E-state index contributed by atoms with van der Waals surface area (Å²) in [6, 6.07) is 3.46. The summed E-state index contributed by atoms with van der Waals surface area (Å²) in [5, 5.41) is 6.76. The van der Waals surface area contributed by atoms with E-state index in [0.29, 0.717) is 31.3 Å². The Balaban J connectivity index is 1.48. The van der Waals surface area contributed by atoms with Gasteiger partial charge in [-0.25, -0.2) is 4.79 Å². The molecule has 1 aliphatic rings. The number of piperazine rings is 1. The van der Waals surface area contributed by atoms with Crippen LogP contribution < -0.4 is 5.32 Å². The van der Waals surface area contributed by atoms with Crippen LogP contribution in [-0.2, 0) is 6.54 Å². The van der Waals surface area contributed by atoms with E-state index in [-0.39, 0.29) is 6.03 Å². The van der Waals surface area contributed by atoms with Crippen LogP contribution >= 0.6 is 0 Å². The predicted octanol–water partition coefficient (Wildman–Crippen LogP) is 1.12. The van der Waals surface area contributed by atoms with Gasteiger partial charge in [0, 0.05) is 51.2 Å². The first-order valence-corrected chi connectivity index (χ1v) is 7.18. The third kappa shape index (κ3) is 3.59. The summed E-state index contributed by atoms with van der Waals surface area (Å²) in [4.78, 5) is 24.3. The van der Waals surface area contributed by atoms with Crippen molar-refractivity contribution in [1.29, 1.82) is 0 Å². The molecule has 3 rings (SSSR count). The molecule has 22 heavy (non-hydrogen) atoms. The van der Waals surface area contributed by atoms with Crippen molar-refractivity contribution in [2.75, 3.05) is 31.5 Å². The molecule has 2 amide bonds. The van der Waals surface area contributed by atoms with Gasteiger partial charge in [-0.1, -0.05) is 5.16 Å². The molecular weight excluding hydrogens is 284 g/mol. The van der Waals surface area contributed by atoms with E-state index in [0.717, 1.165) is 18.8 Å². The summed E-state index contributed by atoms with van der Waals surface area (Å²) in [6.07, 6.45) is 3.31. The van der Waals surface area contributed by atoms with Gasteiger partial charge < -0.3 is 14.7 Å². The van der Waals surface area contributed by atoms with Gasteiger partial charge in [0.1, 0.15) is 0 Å². The minimum atomic E-state index is -0.0822. The van der Waals surface area contributed by atoms with Crippen molar-refractivity contribution >= 4 is 11.7 Å². The number of urea groups is 1. The molecule has 0 saturated carbocycles. The van der Waals surface area contributed by atoms with Crippen molar-refractivity contribution in [2.24, 2.45) is 0 Å². The van der Waals surface area contributed by atoms with Gasteiger partial charge in [0.15, 0.2) is 5.82 Å². The molecule has 0 atom stereocenters. The summed E-state index contributed by atoms with van der Waals surface area (Å²) < 4.78 is 4.96. The van der Waals surface area contributed by atoms with Crippen molar-refractivity contribution < 1.29 is 9.32 Å². The first kappa shape index (κ1) is 14.5. The normalized spacial score (nSPS) is 15.8. The lowest BCUT2D eigenvalue weighted by molar-refractivity contribution is 0.140. The molecule has 3 heterocycles. The minimum Gasteiger partial charge on any atom is -0.340 e. The summed E-state index contributed by atoms with van der Waals surface area (Å²) >= 11 is 0. The molecule has 1 fully saturated rings. The van der Waals surface area contributed by atoms with Crippen LogP contribution in [0.25, 0.3) is 0 Å². The topological polar surface area (TPSA) is 87.4 Å². The van der Waals surface area contributed by atoms with E-state index in [9.17, 15) is 4.79 Å². The number of aryl methyl sites for hydroxylation is 1. The van der Waals surface area contributed by atoms with Crippen molar-refractivity contribution in [2.45, 2.75) is 13.5 Å². The Labute approximate surface area is 128 Å². The maximum atomic E-state index is 12.2. The van der Waals surface area contributed by atoms with E-state index in [1.165, 1.54) is 0 Å². The Hall–Kier alpha value is -2.48. The first-order chi connectivity index (χ1) is 10.7. The molecule has 2 aromatic rings. The third-order valence-corrected chi connectivity index (χ3v) is 3.53. The van der Waals surface area contributed by atoms with Crippen LogP contribution in [0.3, 0.4) is 0 Å². The fraction of sp³-hybridized carbons (Fsp3) is 0.429. The molecule has 0 radical (unpaired) electrons. The van der Waals surface area contributed by atoms with E-state index < -0.39 is 0 Å². The van der Waals surface area contributed by atoms with Gasteiger partial charge in [-0.3, -0.25) is 9.88 Å². The summed E-state index contributed by atoms with van der Waals surface area (Å²) in [5.74, 6) is 1.26. The molecule has 0 bridgehead atoms. The van der Waals surface area contributed by atoms with Gasteiger partial charge in [-0.05, 0) is 12.1 Å². The fourth-order valence-corrected chi connectivity index (χ4v) is 2.35. The van der Waals surface area contributed by atoms with Crippen LogP contribution in [-0.4, -0.2) is 57.1 Å². The fourth-order valence-electron chi connectivity index (χ4n) is 2.35. The van der Waals surface area contributed by atoms with Gasteiger partial charge in [0.2, 0.25) is 5.89 Å². The van der Waals surface area contributed by atoms with Crippen LogP contribution in [0.1, 0.15) is 11.7 Å². The molecule has 8 heteroatoms. The molecule has 8 nitrogen and oxygen atoms in total. The van der Waals surface area contributed by atoms with Crippen molar-refractivity contribution in [1.82, 2.24) is 24.9 Å². The standard InChI is InChI=1S/C14H18N6O2/c1-11-16-13(18-22-11)10-19-6-8-20(9-7-19)14(21)17-12-2-4-15-5-3-12/h2-5H,6-10H2,1H3,(H,15,17,21).